The minimum Gasteiger partial charge on any atom is -0.388 e. The highest BCUT2D eigenvalue weighted by atomic mass is 28.1. The monoisotopic (exact) mass is 175 g/mol. The molecule has 3 nitrogen and oxygen atoms in total. The van der Waals surface area contributed by atoms with Gasteiger partial charge in [-0.25, -0.2) is 0 Å². The number of ether oxygens (including phenoxy) is 2. The predicted octanol–water partition coefficient (Wildman–Crippen LogP) is -0.0128. The fraction of sp³-hybridized carbons (Fsp3) is 1.00. The van der Waals surface area contributed by atoms with E-state index in [4.69, 9.17) is 14.6 Å². The largest absolute Gasteiger partial charge is 0.388 e. The van der Waals surface area contributed by atoms with E-state index in [2.05, 4.69) is 10.2 Å². The van der Waals surface area contributed by atoms with Crippen molar-refractivity contribution in [3.63, 3.8) is 0 Å². The van der Waals surface area contributed by atoms with Crippen LogP contribution in [-0.2, 0) is 9.47 Å². The fourth-order valence-electron chi connectivity index (χ4n) is 0.634. The van der Waals surface area contributed by atoms with E-state index in [1.807, 2.05) is 0 Å². The molecule has 11 heavy (non-hydrogen) atoms. The van der Waals surface area contributed by atoms with Gasteiger partial charge in [-0.05, 0) is 6.42 Å². The maximum absolute atomic E-state index is 9.09. The molecule has 0 saturated heterocycles. The minimum atomic E-state index is -0.491. The Kier molecular flexibility index (Phi) is 8.27. The molecule has 0 aromatic heterocycles. The van der Waals surface area contributed by atoms with Crippen LogP contribution in [-0.4, -0.2) is 48.4 Å². The zero-order chi connectivity index (χ0) is 8.53. The van der Waals surface area contributed by atoms with Gasteiger partial charge in [0.1, 0.15) is 6.10 Å². The van der Waals surface area contributed by atoms with Gasteiger partial charge < -0.3 is 14.6 Å². The molecule has 0 aliphatic heterocycles. The number of methoxy groups -OCH3 is 1. The van der Waals surface area contributed by atoms with Gasteiger partial charge in [0.25, 0.3) is 0 Å². The molecule has 0 fully saturated rings. The topological polar surface area (TPSA) is 38.7 Å². The van der Waals surface area contributed by atoms with Crippen molar-refractivity contribution in [3.05, 3.63) is 0 Å². The molecule has 1 atom stereocenters. The normalized spacial score (nSPS) is 13.4. The Hall–Kier alpha value is 0.0969. The van der Waals surface area contributed by atoms with Gasteiger partial charge in [0.2, 0.25) is 0 Å². The summed E-state index contributed by atoms with van der Waals surface area (Å²) in [5.74, 6) is 0. The summed E-state index contributed by atoms with van der Waals surface area (Å²) in [5, 5.41) is 9.09. The lowest BCUT2D eigenvalue weighted by atomic mass is 10.4. The summed E-state index contributed by atoms with van der Waals surface area (Å²) in [7, 11) is 4.88. The van der Waals surface area contributed by atoms with E-state index in [0.717, 1.165) is 12.5 Å². The van der Waals surface area contributed by atoms with Gasteiger partial charge in [-0.3, -0.25) is 0 Å². The van der Waals surface area contributed by atoms with E-state index >= 15 is 0 Å². The molecule has 0 amide bonds. The number of hydrogen-bond acceptors (Lipinski definition) is 3. The molecule has 65 valence electrons. The highest BCUT2D eigenvalue weighted by molar-refractivity contribution is 6.08. The van der Waals surface area contributed by atoms with Crippen molar-refractivity contribution in [2.45, 2.75) is 18.6 Å². The molecule has 0 aliphatic rings. The third-order valence-electron chi connectivity index (χ3n) is 1.13. The molecule has 0 spiro atoms. The van der Waals surface area contributed by atoms with E-state index in [0.29, 0.717) is 19.8 Å². The first-order valence-electron chi connectivity index (χ1n) is 3.70. The average molecular weight is 175 g/mol. The van der Waals surface area contributed by atoms with Crippen LogP contribution < -0.4 is 0 Å². The van der Waals surface area contributed by atoms with Gasteiger partial charge in [0.05, 0.1) is 13.2 Å². The lowest BCUT2D eigenvalue weighted by Crippen LogP contribution is -2.21. The van der Waals surface area contributed by atoms with Crippen molar-refractivity contribution in [1.82, 2.24) is 0 Å². The number of aliphatic hydroxyl groups excluding tert-OH is 1. The molecule has 0 rings (SSSR count). The van der Waals surface area contributed by atoms with Gasteiger partial charge >= 0.3 is 0 Å². The van der Waals surface area contributed by atoms with Crippen LogP contribution in [0, 0.1) is 0 Å². The standard InChI is InChI=1S/C7H15O3Si/c1-9-5-7(8)6-10-3-2-4-11/h7-8H,2-6H2,1H3. The summed E-state index contributed by atoms with van der Waals surface area (Å²) in [5.41, 5.74) is 0. The molecule has 0 bridgehead atoms. The molecule has 0 heterocycles. The lowest BCUT2D eigenvalue weighted by Gasteiger charge is -2.09. The van der Waals surface area contributed by atoms with E-state index in [1.165, 1.54) is 0 Å². The molecule has 4 heteroatoms. The summed E-state index contributed by atoms with van der Waals surface area (Å²) < 4.78 is 9.85. The van der Waals surface area contributed by atoms with E-state index < -0.39 is 6.10 Å². The highest BCUT2D eigenvalue weighted by Gasteiger charge is 2.01. The Morgan fingerprint density at radius 3 is 2.73 bits per heavy atom. The Balaban J connectivity index is 2.97. The van der Waals surface area contributed by atoms with Crippen molar-refractivity contribution < 1.29 is 14.6 Å². The lowest BCUT2D eigenvalue weighted by molar-refractivity contribution is -0.00577. The molecule has 0 aromatic rings. The fourth-order valence-corrected chi connectivity index (χ4v) is 0.778. The van der Waals surface area contributed by atoms with Gasteiger partial charge in [-0.15, -0.1) is 0 Å². The van der Waals surface area contributed by atoms with Crippen LogP contribution in [0.15, 0.2) is 0 Å². The second-order valence-corrected chi connectivity index (χ2v) is 2.79. The summed E-state index contributed by atoms with van der Waals surface area (Å²) in [6.45, 7) is 1.39. The van der Waals surface area contributed by atoms with Crippen molar-refractivity contribution in [3.8, 4) is 0 Å². The van der Waals surface area contributed by atoms with Crippen LogP contribution >= 0.6 is 0 Å². The van der Waals surface area contributed by atoms with E-state index in [-0.39, 0.29) is 0 Å². The smallest absolute Gasteiger partial charge is 0.101 e. The van der Waals surface area contributed by atoms with Crippen molar-refractivity contribution in [2.75, 3.05) is 26.9 Å². The van der Waals surface area contributed by atoms with Crippen molar-refractivity contribution in [2.24, 2.45) is 0 Å². The summed E-state index contributed by atoms with van der Waals surface area (Å²) in [4.78, 5) is 0. The number of hydrogen-bond donors (Lipinski definition) is 1. The zero-order valence-corrected chi connectivity index (χ0v) is 7.88. The minimum absolute atomic E-state index is 0.341. The molecule has 3 radical (unpaired) electrons. The van der Waals surface area contributed by atoms with E-state index in [9.17, 15) is 0 Å². The maximum Gasteiger partial charge on any atom is 0.101 e. The second kappa shape index (κ2) is 8.20. The van der Waals surface area contributed by atoms with Crippen LogP contribution in [0.3, 0.4) is 0 Å². The van der Waals surface area contributed by atoms with Crippen LogP contribution in [0.5, 0.6) is 0 Å². The first kappa shape index (κ1) is 11.1. The zero-order valence-electron chi connectivity index (χ0n) is 6.88. The highest BCUT2D eigenvalue weighted by Crippen LogP contribution is 1.90. The van der Waals surface area contributed by atoms with Gasteiger partial charge in [0.15, 0.2) is 0 Å². The predicted molar refractivity (Wildman–Crippen MR) is 43.9 cm³/mol. The van der Waals surface area contributed by atoms with Crippen LogP contribution in [0.25, 0.3) is 0 Å². The Morgan fingerprint density at radius 1 is 1.45 bits per heavy atom. The van der Waals surface area contributed by atoms with Gasteiger partial charge in [0, 0.05) is 24.0 Å². The van der Waals surface area contributed by atoms with Gasteiger partial charge in [-0.2, -0.15) is 0 Å². The van der Waals surface area contributed by atoms with Crippen molar-refractivity contribution in [1.29, 1.82) is 0 Å². The van der Waals surface area contributed by atoms with Crippen LogP contribution in [0.4, 0.5) is 0 Å². The molecule has 0 aromatic carbocycles. The first-order chi connectivity index (χ1) is 5.31. The summed E-state index contributed by atoms with van der Waals surface area (Å²) >= 11 is 0. The molecule has 1 N–H and O–H groups in total. The van der Waals surface area contributed by atoms with Crippen LogP contribution in [0.2, 0.25) is 6.04 Å². The quantitative estimate of drug-likeness (QED) is 0.437. The summed E-state index contributed by atoms with van der Waals surface area (Å²) in [6, 6.07) is 0.931. The average Bonchev–Trinajstić information content (AvgIpc) is 1.99. The maximum atomic E-state index is 9.09. The Labute approximate surface area is 71.1 Å². The third-order valence-corrected chi connectivity index (χ3v) is 1.49. The van der Waals surface area contributed by atoms with Crippen molar-refractivity contribution >= 4 is 10.2 Å². The first-order valence-corrected chi connectivity index (χ1v) is 4.41. The Bertz CT molecular complexity index is 80.1. The molecule has 0 saturated carbocycles. The molecule has 0 aliphatic carbocycles. The SMILES string of the molecule is COCC(O)COCCC[Si]. The van der Waals surface area contributed by atoms with E-state index in [1.54, 1.807) is 7.11 Å². The second-order valence-electron chi connectivity index (χ2n) is 2.29. The molecule has 1 unspecified atom stereocenters. The Morgan fingerprint density at radius 2 is 2.18 bits per heavy atom. The number of aliphatic hydroxyl groups is 1. The van der Waals surface area contributed by atoms with Crippen LogP contribution in [0.1, 0.15) is 6.42 Å². The molecular formula is C7H15O3Si. The van der Waals surface area contributed by atoms with Gasteiger partial charge in [-0.1, -0.05) is 6.04 Å². The summed E-state index contributed by atoms with van der Waals surface area (Å²) in [6.07, 6.45) is 0.478. The third kappa shape index (κ3) is 8.00. The number of rotatable bonds is 7. The molecular weight excluding hydrogens is 160 g/mol.